The van der Waals surface area contributed by atoms with Crippen molar-refractivity contribution in [2.75, 3.05) is 12.3 Å². The zero-order valence-electron chi connectivity index (χ0n) is 10.5. The highest BCUT2D eigenvalue weighted by atomic mass is 32.2. The largest absolute Gasteiger partial charge is 0.409 e. The smallest absolute Gasteiger partial charge is 0.233 e. The monoisotopic (exact) mass is 279 g/mol. The molecule has 1 amide bonds. The molecule has 1 saturated heterocycles. The van der Waals surface area contributed by atoms with Gasteiger partial charge in [-0.2, -0.15) is 0 Å². The molecule has 3 N–H and O–H groups in total. The highest BCUT2D eigenvalue weighted by Crippen LogP contribution is 2.22. The molecule has 1 heterocycles. The number of hydrogen-bond donors (Lipinski definition) is 2. The number of thioether (sulfide) groups is 1. The lowest BCUT2D eigenvalue weighted by Gasteiger charge is -2.23. The van der Waals surface area contributed by atoms with Crippen LogP contribution in [0.15, 0.2) is 40.4 Å². The molecule has 0 spiro atoms. The molecule has 1 aromatic rings. The topological polar surface area (TPSA) is 78.9 Å². The van der Waals surface area contributed by atoms with Crippen LogP contribution >= 0.6 is 11.8 Å². The maximum atomic E-state index is 12.2. The maximum absolute atomic E-state index is 12.2. The van der Waals surface area contributed by atoms with Crippen LogP contribution in [0, 0.1) is 0 Å². The summed E-state index contributed by atoms with van der Waals surface area (Å²) in [5.74, 6) is 0.526. The Labute approximate surface area is 116 Å². The van der Waals surface area contributed by atoms with Gasteiger partial charge in [0.05, 0.1) is 11.8 Å². The van der Waals surface area contributed by atoms with Crippen LogP contribution in [-0.2, 0) is 4.79 Å². The Kier molecular flexibility index (Phi) is 4.68. The normalized spacial score (nSPS) is 19.7. The summed E-state index contributed by atoms with van der Waals surface area (Å²) in [6, 6.07) is 9.53. The number of likely N-dealkylation sites (tertiary alicyclic amines) is 1. The first-order valence-electron chi connectivity index (χ1n) is 6.17. The van der Waals surface area contributed by atoms with Crippen molar-refractivity contribution in [3.63, 3.8) is 0 Å². The van der Waals surface area contributed by atoms with Crippen molar-refractivity contribution < 1.29 is 10.0 Å². The van der Waals surface area contributed by atoms with Crippen molar-refractivity contribution in [3.8, 4) is 0 Å². The van der Waals surface area contributed by atoms with E-state index in [1.807, 2.05) is 30.3 Å². The zero-order chi connectivity index (χ0) is 13.7. The van der Waals surface area contributed by atoms with Crippen molar-refractivity contribution in [2.24, 2.45) is 10.9 Å². The van der Waals surface area contributed by atoms with Gasteiger partial charge in [-0.1, -0.05) is 23.4 Å². The lowest BCUT2D eigenvalue weighted by Crippen LogP contribution is -2.44. The molecule has 1 aromatic carbocycles. The van der Waals surface area contributed by atoms with Crippen molar-refractivity contribution in [1.82, 2.24) is 4.90 Å². The van der Waals surface area contributed by atoms with Gasteiger partial charge in [0.15, 0.2) is 5.84 Å². The summed E-state index contributed by atoms with van der Waals surface area (Å²) in [5.41, 5.74) is 5.61. The van der Waals surface area contributed by atoms with E-state index < -0.39 is 0 Å². The predicted molar refractivity (Wildman–Crippen MR) is 75.3 cm³/mol. The van der Waals surface area contributed by atoms with E-state index in [2.05, 4.69) is 5.16 Å². The third-order valence-electron chi connectivity index (χ3n) is 3.14. The highest BCUT2D eigenvalue weighted by Gasteiger charge is 2.31. The van der Waals surface area contributed by atoms with E-state index in [1.54, 1.807) is 4.90 Å². The number of nitrogens with two attached hydrogens (primary N) is 1. The molecule has 19 heavy (non-hydrogen) atoms. The van der Waals surface area contributed by atoms with Crippen molar-refractivity contribution in [1.29, 1.82) is 0 Å². The van der Waals surface area contributed by atoms with Crippen LogP contribution in [-0.4, -0.2) is 40.2 Å². The number of carbonyl (C=O) groups is 1. The Hall–Kier alpha value is -1.69. The predicted octanol–water partition coefficient (Wildman–Crippen LogP) is 1.52. The minimum atomic E-state index is -0.256. The van der Waals surface area contributed by atoms with Crippen LogP contribution in [0.2, 0.25) is 0 Å². The molecular formula is C13H17N3O2S. The van der Waals surface area contributed by atoms with Crippen LogP contribution in [0.4, 0.5) is 0 Å². The number of benzene rings is 1. The quantitative estimate of drug-likeness (QED) is 0.288. The van der Waals surface area contributed by atoms with Crippen LogP contribution < -0.4 is 5.73 Å². The molecule has 2 rings (SSSR count). The van der Waals surface area contributed by atoms with Gasteiger partial charge in [0.25, 0.3) is 0 Å². The second-order valence-electron chi connectivity index (χ2n) is 4.37. The van der Waals surface area contributed by atoms with Gasteiger partial charge >= 0.3 is 0 Å². The Bertz CT molecular complexity index is 464. The fraction of sp³-hybridized carbons (Fsp3) is 0.385. The number of rotatable bonds is 4. The summed E-state index contributed by atoms with van der Waals surface area (Å²) < 4.78 is 0. The molecule has 0 aliphatic carbocycles. The molecule has 1 aliphatic heterocycles. The van der Waals surface area contributed by atoms with Crippen LogP contribution in [0.5, 0.6) is 0 Å². The molecule has 1 aliphatic rings. The van der Waals surface area contributed by atoms with Crippen molar-refractivity contribution in [3.05, 3.63) is 30.3 Å². The fourth-order valence-electron chi connectivity index (χ4n) is 2.18. The minimum absolute atomic E-state index is 0.0305. The van der Waals surface area contributed by atoms with Gasteiger partial charge in [0.2, 0.25) is 5.91 Å². The van der Waals surface area contributed by atoms with Gasteiger partial charge in [0, 0.05) is 11.4 Å². The van der Waals surface area contributed by atoms with Gasteiger partial charge in [0.1, 0.15) is 0 Å². The second kappa shape index (κ2) is 6.47. The Morgan fingerprint density at radius 1 is 1.47 bits per heavy atom. The van der Waals surface area contributed by atoms with Gasteiger partial charge in [-0.15, -0.1) is 11.8 Å². The van der Waals surface area contributed by atoms with E-state index in [-0.39, 0.29) is 17.8 Å². The summed E-state index contributed by atoms with van der Waals surface area (Å²) in [6.07, 6.45) is 1.65. The minimum Gasteiger partial charge on any atom is -0.409 e. The Balaban J connectivity index is 1.92. The molecule has 1 fully saturated rings. The van der Waals surface area contributed by atoms with Gasteiger partial charge < -0.3 is 15.8 Å². The maximum Gasteiger partial charge on any atom is 0.233 e. The lowest BCUT2D eigenvalue weighted by atomic mass is 10.2. The summed E-state index contributed by atoms with van der Waals surface area (Å²) >= 11 is 1.50. The van der Waals surface area contributed by atoms with E-state index in [0.717, 1.165) is 17.7 Å². The number of carbonyl (C=O) groups excluding carboxylic acids is 1. The number of oxime groups is 1. The number of amides is 1. The average Bonchev–Trinajstić information content (AvgIpc) is 2.94. The summed E-state index contributed by atoms with van der Waals surface area (Å²) in [4.78, 5) is 14.9. The van der Waals surface area contributed by atoms with Gasteiger partial charge in [-0.05, 0) is 25.0 Å². The summed E-state index contributed by atoms with van der Waals surface area (Å²) in [6.45, 7) is 0.676. The lowest BCUT2D eigenvalue weighted by molar-refractivity contribution is -0.128. The Morgan fingerprint density at radius 2 is 2.21 bits per heavy atom. The van der Waals surface area contributed by atoms with Crippen LogP contribution in [0.25, 0.3) is 0 Å². The number of amidine groups is 1. The third-order valence-corrected chi connectivity index (χ3v) is 4.13. The molecular weight excluding hydrogens is 262 g/mol. The Morgan fingerprint density at radius 3 is 2.89 bits per heavy atom. The summed E-state index contributed by atoms with van der Waals surface area (Å²) in [7, 11) is 0. The SMILES string of the molecule is NC(=NO)C1CCCN1C(=O)CSc1ccccc1. The molecule has 5 nitrogen and oxygen atoms in total. The molecule has 1 unspecified atom stereocenters. The van der Waals surface area contributed by atoms with Crippen LogP contribution in [0.1, 0.15) is 12.8 Å². The first-order chi connectivity index (χ1) is 9.22. The second-order valence-corrected chi connectivity index (χ2v) is 5.42. The molecule has 0 bridgehead atoms. The van der Waals surface area contributed by atoms with Crippen molar-refractivity contribution >= 4 is 23.5 Å². The van der Waals surface area contributed by atoms with Gasteiger partial charge in [-0.25, -0.2) is 0 Å². The molecule has 102 valence electrons. The fourth-order valence-corrected chi connectivity index (χ4v) is 2.99. The van der Waals surface area contributed by atoms with Crippen LogP contribution in [0.3, 0.4) is 0 Å². The van der Waals surface area contributed by atoms with Crippen molar-refractivity contribution in [2.45, 2.75) is 23.8 Å². The van der Waals surface area contributed by atoms with E-state index in [4.69, 9.17) is 10.9 Å². The third kappa shape index (κ3) is 3.41. The summed E-state index contributed by atoms with van der Waals surface area (Å²) in [5, 5.41) is 11.7. The first kappa shape index (κ1) is 13.7. The molecule has 6 heteroatoms. The van der Waals surface area contributed by atoms with Gasteiger partial charge in [-0.3, -0.25) is 4.79 Å². The van der Waals surface area contributed by atoms with E-state index >= 15 is 0 Å². The zero-order valence-corrected chi connectivity index (χ0v) is 11.3. The molecule has 0 radical (unpaired) electrons. The number of hydrogen-bond acceptors (Lipinski definition) is 4. The average molecular weight is 279 g/mol. The standard InChI is InChI=1S/C13H17N3O2S/c14-13(15-18)11-7-4-8-16(11)12(17)9-19-10-5-2-1-3-6-10/h1-3,5-6,11,18H,4,7-9H2,(H2,14,15). The highest BCUT2D eigenvalue weighted by molar-refractivity contribution is 8.00. The first-order valence-corrected chi connectivity index (χ1v) is 7.15. The van der Waals surface area contributed by atoms with E-state index in [0.29, 0.717) is 12.3 Å². The van der Waals surface area contributed by atoms with E-state index in [1.165, 1.54) is 11.8 Å². The molecule has 0 saturated carbocycles. The van der Waals surface area contributed by atoms with E-state index in [9.17, 15) is 4.79 Å². The molecule has 1 atom stereocenters. The molecule has 0 aromatic heterocycles. The number of nitrogens with zero attached hydrogens (tertiary/aromatic N) is 2.